The fourth-order valence-corrected chi connectivity index (χ4v) is 0.435. The Morgan fingerprint density at radius 1 is 1.30 bits per heavy atom. The average molecular weight is 228 g/mol. The second-order valence-electron chi connectivity index (χ2n) is 1.71. The molecule has 0 atom stereocenters. The minimum Gasteiger partial charge on any atom is -0.296 e. The van der Waals surface area contributed by atoms with E-state index >= 15 is 0 Å². The van der Waals surface area contributed by atoms with Crippen molar-refractivity contribution in [2.45, 2.75) is 20.0 Å². The molecule has 0 rings (SSSR count). The molecule has 0 saturated heterocycles. The van der Waals surface area contributed by atoms with E-state index in [9.17, 15) is 9.59 Å². The molecule has 0 aliphatic carbocycles. The van der Waals surface area contributed by atoms with Gasteiger partial charge in [-0.2, -0.15) is 0 Å². The number of carbonyl (C=O) groups excluding carboxylic acids is 2. The fraction of sp³-hybridized carbons (Fsp3) is 0.600. The molecule has 58 valence electrons. The fourth-order valence-electron chi connectivity index (χ4n) is 0.435. The first kappa shape index (κ1) is 12.6. The normalized spacial score (nSPS) is 8.80. The third-order valence-corrected chi connectivity index (χ3v) is 0.844. The Morgan fingerprint density at radius 2 is 1.60 bits per heavy atom. The van der Waals surface area contributed by atoms with Crippen molar-refractivity contribution in [2.75, 3.05) is 0 Å². The number of ketones is 2. The molecule has 0 bridgehead atoms. The van der Waals surface area contributed by atoms with Crippen LogP contribution in [0.1, 0.15) is 13.8 Å². The Morgan fingerprint density at radius 3 is 1.60 bits per heavy atom. The van der Waals surface area contributed by atoms with Crippen LogP contribution in [0, 0.1) is 0 Å². The van der Waals surface area contributed by atoms with Gasteiger partial charge in [0.15, 0.2) is 11.6 Å². The van der Waals surface area contributed by atoms with Gasteiger partial charge in [0.05, 0.1) is 0 Å². The molecule has 0 saturated carbocycles. The van der Waals surface area contributed by atoms with E-state index in [1.807, 2.05) is 0 Å². The Kier molecular flexibility index (Phi) is 7.20. The molecule has 0 unspecified atom stereocenters. The molecule has 0 aliphatic rings. The Balaban J connectivity index is 0. The van der Waals surface area contributed by atoms with Gasteiger partial charge in [-0.3, -0.25) is 14.8 Å². The van der Waals surface area contributed by atoms with Gasteiger partial charge in [0.2, 0.25) is 6.10 Å². The van der Waals surface area contributed by atoms with E-state index in [4.69, 9.17) is 5.26 Å². The third kappa shape index (κ3) is 3.88. The second kappa shape index (κ2) is 5.71. The summed E-state index contributed by atoms with van der Waals surface area (Å²) in [4.78, 5) is 24.2. The summed E-state index contributed by atoms with van der Waals surface area (Å²) in [6, 6.07) is 0. The van der Waals surface area contributed by atoms with Crippen LogP contribution in [0.2, 0.25) is 0 Å². The molecular weight excluding hydrogens is 220 g/mol. The van der Waals surface area contributed by atoms with Crippen molar-refractivity contribution in [1.82, 2.24) is 0 Å². The van der Waals surface area contributed by atoms with Gasteiger partial charge in [-0.05, 0) is 13.8 Å². The molecule has 0 heterocycles. The number of Topliss-reactive ketones (excluding diaryl/α,β-unsaturated/α-hetero) is 2. The van der Waals surface area contributed by atoms with Crippen molar-refractivity contribution in [1.29, 1.82) is 0 Å². The molecule has 0 amide bonds. The van der Waals surface area contributed by atoms with Crippen molar-refractivity contribution in [3.8, 4) is 0 Å². The number of carbonyl (C=O) groups is 2. The molecule has 1 N–H and O–H groups in total. The van der Waals surface area contributed by atoms with E-state index in [0.29, 0.717) is 0 Å². The molecule has 10 heavy (non-hydrogen) atoms. The number of rotatable bonds is 3. The zero-order chi connectivity index (χ0) is 7.44. The molecule has 0 spiro atoms. The molecule has 0 aromatic rings. The van der Waals surface area contributed by atoms with Gasteiger partial charge >= 0.3 is 0 Å². The molecule has 5 heteroatoms. The molecular formula is C5H8MoO4. The largest absolute Gasteiger partial charge is 0.296 e. The standard InChI is InChI=1S/C5H8O4.Mo/c1-3(6)5(9-8)4(2)7;/h5,8H,1-2H3;. The van der Waals surface area contributed by atoms with E-state index in [2.05, 4.69) is 4.89 Å². The van der Waals surface area contributed by atoms with E-state index in [1.165, 1.54) is 13.8 Å². The smallest absolute Gasteiger partial charge is 0.208 e. The maximum atomic E-state index is 10.3. The van der Waals surface area contributed by atoms with Crippen LogP contribution in [0.25, 0.3) is 0 Å². The van der Waals surface area contributed by atoms with Crippen molar-refractivity contribution in [3.63, 3.8) is 0 Å². The van der Waals surface area contributed by atoms with Crippen LogP contribution >= 0.6 is 0 Å². The van der Waals surface area contributed by atoms with Crippen molar-refractivity contribution < 1.29 is 40.8 Å². The van der Waals surface area contributed by atoms with Gasteiger partial charge in [-0.1, -0.05) is 0 Å². The predicted octanol–water partition coefficient (Wildman–Crippen LogP) is 0.0201. The Labute approximate surface area is 72.7 Å². The van der Waals surface area contributed by atoms with E-state index in [-0.39, 0.29) is 21.1 Å². The first-order valence-electron chi connectivity index (χ1n) is 2.40. The molecule has 4 nitrogen and oxygen atoms in total. The Bertz CT molecular complexity index is 120. The second-order valence-corrected chi connectivity index (χ2v) is 1.71. The first-order chi connectivity index (χ1) is 4.09. The topological polar surface area (TPSA) is 63.6 Å². The van der Waals surface area contributed by atoms with E-state index < -0.39 is 17.7 Å². The van der Waals surface area contributed by atoms with E-state index in [0.717, 1.165) is 0 Å². The van der Waals surface area contributed by atoms with Crippen LogP contribution < -0.4 is 0 Å². The van der Waals surface area contributed by atoms with Gasteiger partial charge in [-0.15, -0.1) is 0 Å². The summed E-state index contributed by atoms with van der Waals surface area (Å²) < 4.78 is 0. The van der Waals surface area contributed by atoms with Crippen LogP contribution in [-0.2, 0) is 35.5 Å². The van der Waals surface area contributed by atoms with E-state index in [1.54, 1.807) is 0 Å². The van der Waals surface area contributed by atoms with Crippen LogP contribution in [0.4, 0.5) is 0 Å². The van der Waals surface area contributed by atoms with Gasteiger partial charge < -0.3 is 0 Å². The minimum absolute atomic E-state index is 0. The van der Waals surface area contributed by atoms with Gasteiger partial charge in [0.1, 0.15) is 0 Å². The first-order valence-corrected chi connectivity index (χ1v) is 2.40. The zero-order valence-electron chi connectivity index (χ0n) is 5.66. The summed E-state index contributed by atoms with van der Waals surface area (Å²) in [5.41, 5.74) is 0. The van der Waals surface area contributed by atoms with Crippen LogP contribution in [0.5, 0.6) is 0 Å². The molecule has 0 fully saturated rings. The minimum atomic E-state index is -1.30. The molecule has 0 radical (unpaired) electrons. The van der Waals surface area contributed by atoms with Crippen molar-refractivity contribution in [3.05, 3.63) is 0 Å². The average Bonchev–Trinajstić information content (AvgIpc) is 1.64. The molecule has 0 aliphatic heterocycles. The van der Waals surface area contributed by atoms with Crippen molar-refractivity contribution >= 4 is 11.6 Å². The maximum absolute atomic E-state index is 10.3. The molecule has 0 aromatic heterocycles. The number of hydrogen-bond donors (Lipinski definition) is 1. The SMILES string of the molecule is CC(=O)C(OO)C(C)=O.[Mo]. The summed E-state index contributed by atoms with van der Waals surface area (Å²) >= 11 is 0. The van der Waals surface area contributed by atoms with Crippen LogP contribution in [-0.4, -0.2) is 22.9 Å². The maximum Gasteiger partial charge on any atom is 0.208 e. The number of hydrogen-bond acceptors (Lipinski definition) is 4. The zero-order valence-corrected chi connectivity index (χ0v) is 7.66. The molecule has 0 aromatic carbocycles. The Hall–Kier alpha value is -0.0517. The summed E-state index contributed by atoms with van der Waals surface area (Å²) in [6.45, 7) is 2.34. The predicted molar refractivity (Wildman–Crippen MR) is 28.9 cm³/mol. The summed E-state index contributed by atoms with van der Waals surface area (Å²) in [7, 11) is 0. The van der Waals surface area contributed by atoms with Crippen LogP contribution in [0.15, 0.2) is 0 Å². The van der Waals surface area contributed by atoms with Crippen molar-refractivity contribution in [2.24, 2.45) is 0 Å². The summed E-state index contributed by atoms with van der Waals surface area (Å²) in [5, 5.41) is 7.93. The van der Waals surface area contributed by atoms with Crippen LogP contribution in [0.3, 0.4) is 0 Å². The summed E-state index contributed by atoms with van der Waals surface area (Å²) in [6.07, 6.45) is -1.30. The van der Waals surface area contributed by atoms with Gasteiger partial charge in [0, 0.05) is 21.1 Å². The monoisotopic (exact) mass is 230 g/mol. The quantitative estimate of drug-likeness (QED) is 0.320. The van der Waals surface area contributed by atoms with Gasteiger partial charge in [-0.25, -0.2) is 4.89 Å². The third-order valence-electron chi connectivity index (χ3n) is 0.844. The summed E-state index contributed by atoms with van der Waals surface area (Å²) in [5.74, 6) is -0.991. The van der Waals surface area contributed by atoms with Gasteiger partial charge in [0.25, 0.3) is 0 Å².